The van der Waals surface area contributed by atoms with Gasteiger partial charge in [-0.25, -0.2) is 0 Å². The lowest BCUT2D eigenvalue weighted by atomic mass is 9.98. The maximum absolute atomic E-state index is 12.2. The van der Waals surface area contributed by atoms with Crippen molar-refractivity contribution in [2.75, 3.05) is 13.1 Å². The number of halogens is 1. The zero-order chi connectivity index (χ0) is 14.5. The molecule has 110 valence electrons. The molecule has 2 rings (SSSR count). The Morgan fingerprint density at radius 2 is 1.95 bits per heavy atom. The fourth-order valence-corrected chi connectivity index (χ4v) is 2.65. The SMILES string of the molecule is CC1CCN([C@@H](C)C(=O)NCc2ccc(Cl)cc2)CC1. The Balaban J connectivity index is 1.80. The number of nitrogens with one attached hydrogen (secondary N) is 1. The Labute approximate surface area is 126 Å². The van der Waals surface area contributed by atoms with E-state index >= 15 is 0 Å². The molecule has 1 N–H and O–H groups in total. The summed E-state index contributed by atoms with van der Waals surface area (Å²) >= 11 is 5.84. The van der Waals surface area contributed by atoms with Crippen LogP contribution in [0.2, 0.25) is 5.02 Å². The van der Waals surface area contributed by atoms with Crippen LogP contribution in [0, 0.1) is 5.92 Å². The topological polar surface area (TPSA) is 32.3 Å². The molecule has 1 heterocycles. The predicted molar refractivity (Wildman–Crippen MR) is 82.7 cm³/mol. The number of carbonyl (C=O) groups is 1. The van der Waals surface area contributed by atoms with E-state index in [0.29, 0.717) is 6.54 Å². The van der Waals surface area contributed by atoms with Gasteiger partial charge in [0.05, 0.1) is 6.04 Å². The van der Waals surface area contributed by atoms with Gasteiger partial charge < -0.3 is 5.32 Å². The van der Waals surface area contributed by atoms with Crippen molar-refractivity contribution in [1.29, 1.82) is 0 Å². The molecule has 4 heteroatoms. The van der Waals surface area contributed by atoms with Crippen LogP contribution in [0.5, 0.6) is 0 Å². The van der Waals surface area contributed by atoms with Crippen LogP contribution in [0.3, 0.4) is 0 Å². The summed E-state index contributed by atoms with van der Waals surface area (Å²) in [4.78, 5) is 14.5. The number of nitrogens with zero attached hydrogens (tertiary/aromatic N) is 1. The van der Waals surface area contributed by atoms with E-state index in [0.717, 1.165) is 29.6 Å². The second-order valence-electron chi connectivity index (χ2n) is 5.74. The molecule has 3 nitrogen and oxygen atoms in total. The first-order valence-corrected chi connectivity index (χ1v) is 7.70. The van der Waals surface area contributed by atoms with E-state index in [4.69, 9.17) is 11.6 Å². The van der Waals surface area contributed by atoms with Crippen molar-refractivity contribution in [3.8, 4) is 0 Å². The van der Waals surface area contributed by atoms with E-state index in [-0.39, 0.29) is 11.9 Å². The molecule has 0 aromatic heterocycles. The van der Waals surface area contributed by atoms with Gasteiger partial charge in [0.25, 0.3) is 0 Å². The Kier molecular flexibility index (Phi) is 5.44. The third kappa shape index (κ3) is 4.22. The van der Waals surface area contributed by atoms with Crippen LogP contribution >= 0.6 is 11.6 Å². The molecule has 1 amide bonds. The molecule has 1 aromatic carbocycles. The fourth-order valence-electron chi connectivity index (χ4n) is 2.52. The van der Waals surface area contributed by atoms with Crippen molar-refractivity contribution < 1.29 is 4.79 Å². The number of likely N-dealkylation sites (tertiary alicyclic amines) is 1. The number of rotatable bonds is 4. The maximum atomic E-state index is 12.2. The minimum absolute atomic E-state index is 0.0465. The van der Waals surface area contributed by atoms with Crippen molar-refractivity contribution in [3.63, 3.8) is 0 Å². The van der Waals surface area contributed by atoms with Crippen LogP contribution in [-0.2, 0) is 11.3 Å². The molecule has 0 bridgehead atoms. The second-order valence-corrected chi connectivity index (χ2v) is 6.18. The highest BCUT2D eigenvalue weighted by Crippen LogP contribution is 2.18. The number of benzene rings is 1. The van der Waals surface area contributed by atoms with Crippen LogP contribution in [0.4, 0.5) is 0 Å². The van der Waals surface area contributed by atoms with Gasteiger partial charge >= 0.3 is 0 Å². The van der Waals surface area contributed by atoms with E-state index in [1.165, 1.54) is 12.8 Å². The lowest BCUT2D eigenvalue weighted by Gasteiger charge is -2.34. The summed E-state index contributed by atoms with van der Waals surface area (Å²) < 4.78 is 0. The van der Waals surface area contributed by atoms with Gasteiger partial charge in [0.1, 0.15) is 0 Å². The Morgan fingerprint density at radius 3 is 2.55 bits per heavy atom. The first-order chi connectivity index (χ1) is 9.56. The third-order valence-electron chi connectivity index (χ3n) is 4.13. The highest BCUT2D eigenvalue weighted by molar-refractivity contribution is 6.30. The largest absolute Gasteiger partial charge is 0.351 e. The molecule has 1 aromatic rings. The molecule has 1 aliphatic rings. The summed E-state index contributed by atoms with van der Waals surface area (Å²) in [6.07, 6.45) is 2.38. The monoisotopic (exact) mass is 294 g/mol. The first-order valence-electron chi connectivity index (χ1n) is 7.32. The first kappa shape index (κ1) is 15.3. The Hall–Kier alpha value is -1.06. The molecule has 20 heavy (non-hydrogen) atoms. The molecular formula is C16H23ClN2O. The molecule has 0 saturated carbocycles. The molecule has 1 saturated heterocycles. The van der Waals surface area contributed by atoms with E-state index in [9.17, 15) is 4.79 Å². The van der Waals surface area contributed by atoms with Crippen molar-refractivity contribution >= 4 is 17.5 Å². The molecule has 0 spiro atoms. The summed E-state index contributed by atoms with van der Waals surface area (Å²) in [7, 11) is 0. The summed E-state index contributed by atoms with van der Waals surface area (Å²) in [5, 5.41) is 3.72. The van der Waals surface area contributed by atoms with E-state index < -0.39 is 0 Å². The molecule has 0 aliphatic carbocycles. The van der Waals surface area contributed by atoms with Gasteiger partial charge in [-0.2, -0.15) is 0 Å². The minimum atomic E-state index is -0.0465. The van der Waals surface area contributed by atoms with Crippen LogP contribution in [0.25, 0.3) is 0 Å². The summed E-state index contributed by atoms with van der Waals surface area (Å²) in [6, 6.07) is 7.53. The third-order valence-corrected chi connectivity index (χ3v) is 4.38. The van der Waals surface area contributed by atoms with Crippen LogP contribution in [-0.4, -0.2) is 29.9 Å². The van der Waals surface area contributed by atoms with E-state index in [2.05, 4.69) is 17.1 Å². The normalized spacial score (nSPS) is 18.8. The van der Waals surface area contributed by atoms with Crippen LogP contribution in [0.1, 0.15) is 32.3 Å². The fraction of sp³-hybridized carbons (Fsp3) is 0.562. The molecule has 0 unspecified atom stereocenters. The molecular weight excluding hydrogens is 272 g/mol. The smallest absolute Gasteiger partial charge is 0.237 e. The number of hydrogen-bond acceptors (Lipinski definition) is 2. The average molecular weight is 295 g/mol. The standard InChI is InChI=1S/C16H23ClN2O/c1-12-7-9-19(10-8-12)13(2)16(20)18-11-14-3-5-15(17)6-4-14/h3-6,12-13H,7-11H2,1-2H3,(H,18,20)/t13-/m0/s1. The lowest BCUT2D eigenvalue weighted by molar-refractivity contribution is -0.126. The summed E-state index contributed by atoms with van der Waals surface area (Å²) in [5.74, 6) is 0.894. The number of amides is 1. The highest BCUT2D eigenvalue weighted by Gasteiger charge is 2.24. The molecule has 1 atom stereocenters. The predicted octanol–water partition coefficient (Wildman–Crippen LogP) is 3.08. The van der Waals surface area contributed by atoms with E-state index in [1.807, 2.05) is 31.2 Å². The molecule has 0 radical (unpaired) electrons. The van der Waals surface area contributed by atoms with Gasteiger partial charge in [-0.15, -0.1) is 0 Å². The zero-order valence-electron chi connectivity index (χ0n) is 12.2. The van der Waals surface area contributed by atoms with Gasteiger partial charge in [-0.3, -0.25) is 9.69 Å². The van der Waals surface area contributed by atoms with Gasteiger partial charge in [0, 0.05) is 11.6 Å². The quantitative estimate of drug-likeness (QED) is 0.925. The average Bonchev–Trinajstić information content (AvgIpc) is 2.46. The van der Waals surface area contributed by atoms with Gasteiger partial charge in [0.15, 0.2) is 0 Å². The van der Waals surface area contributed by atoms with Gasteiger partial charge in [-0.1, -0.05) is 30.7 Å². The van der Waals surface area contributed by atoms with Crippen LogP contribution < -0.4 is 5.32 Å². The van der Waals surface area contributed by atoms with E-state index in [1.54, 1.807) is 0 Å². The Bertz CT molecular complexity index is 438. The van der Waals surface area contributed by atoms with Gasteiger partial charge in [-0.05, 0) is 56.5 Å². The molecule has 1 aliphatic heterocycles. The van der Waals surface area contributed by atoms with Crippen molar-refractivity contribution in [1.82, 2.24) is 10.2 Å². The Morgan fingerprint density at radius 1 is 1.35 bits per heavy atom. The lowest BCUT2D eigenvalue weighted by Crippen LogP contribution is -2.47. The summed E-state index contributed by atoms with van der Waals surface area (Å²) in [5.41, 5.74) is 1.07. The van der Waals surface area contributed by atoms with Crippen molar-refractivity contribution in [2.45, 2.75) is 39.3 Å². The highest BCUT2D eigenvalue weighted by atomic mass is 35.5. The summed E-state index contributed by atoms with van der Waals surface area (Å²) in [6.45, 7) is 6.88. The number of piperidine rings is 1. The van der Waals surface area contributed by atoms with Gasteiger partial charge in [0.2, 0.25) is 5.91 Å². The number of carbonyl (C=O) groups excluding carboxylic acids is 1. The zero-order valence-corrected chi connectivity index (χ0v) is 13.0. The minimum Gasteiger partial charge on any atom is -0.351 e. The maximum Gasteiger partial charge on any atom is 0.237 e. The number of hydrogen-bond donors (Lipinski definition) is 1. The van der Waals surface area contributed by atoms with Crippen LogP contribution in [0.15, 0.2) is 24.3 Å². The van der Waals surface area contributed by atoms with Crippen molar-refractivity contribution in [3.05, 3.63) is 34.9 Å². The second kappa shape index (κ2) is 7.09. The van der Waals surface area contributed by atoms with Crippen molar-refractivity contribution in [2.24, 2.45) is 5.92 Å². The molecule has 1 fully saturated rings.